The lowest BCUT2D eigenvalue weighted by molar-refractivity contribution is 0.554. The number of hydrogen-bond donors (Lipinski definition) is 1. The zero-order chi connectivity index (χ0) is 17.5. The maximum absolute atomic E-state index is 13.3. The molecule has 0 heterocycles. The highest BCUT2D eigenvalue weighted by Crippen LogP contribution is 2.34. The highest BCUT2D eigenvalue weighted by molar-refractivity contribution is 9.10. The molecule has 1 atom stereocenters. The average molecular weight is 413 g/mol. The maximum Gasteiger partial charge on any atom is 0.242 e. The molecule has 0 aliphatic heterocycles. The van der Waals surface area contributed by atoms with Gasteiger partial charge in [-0.2, -0.15) is 0 Å². The van der Waals surface area contributed by atoms with Crippen LogP contribution < -0.4 is 9.62 Å². The fourth-order valence-electron chi connectivity index (χ4n) is 2.94. The summed E-state index contributed by atoms with van der Waals surface area (Å²) in [6, 6.07) is 9.38. The van der Waals surface area contributed by atoms with E-state index in [0.29, 0.717) is 17.3 Å². The second-order valence-electron chi connectivity index (χ2n) is 6.06. The summed E-state index contributed by atoms with van der Waals surface area (Å²) in [5, 5.41) is 0. The summed E-state index contributed by atoms with van der Waals surface area (Å²) in [7, 11) is 0.0114. The molecule has 1 N–H and O–H groups in total. The molecule has 128 valence electrons. The molecule has 1 aliphatic rings. The number of nitrogens with zero attached hydrogens (tertiary/aromatic N) is 1. The van der Waals surface area contributed by atoms with Gasteiger partial charge >= 0.3 is 0 Å². The van der Waals surface area contributed by atoms with Crippen molar-refractivity contribution < 1.29 is 12.8 Å². The second kappa shape index (κ2) is 6.46. The van der Waals surface area contributed by atoms with Gasteiger partial charge in [0.25, 0.3) is 0 Å². The van der Waals surface area contributed by atoms with Gasteiger partial charge in [0.1, 0.15) is 5.82 Å². The van der Waals surface area contributed by atoms with Gasteiger partial charge < -0.3 is 4.90 Å². The summed E-state index contributed by atoms with van der Waals surface area (Å²) >= 11 is 3.32. The molecule has 1 unspecified atom stereocenters. The number of benzene rings is 2. The van der Waals surface area contributed by atoms with Gasteiger partial charge in [-0.3, -0.25) is 0 Å². The smallest absolute Gasteiger partial charge is 0.242 e. The molecule has 0 fully saturated rings. The Labute approximate surface area is 149 Å². The first-order valence-electron chi connectivity index (χ1n) is 7.55. The Morgan fingerprint density at radius 2 is 1.96 bits per heavy atom. The van der Waals surface area contributed by atoms with Crippen LogP contribution >= 0.6 is 15.9 Å². The van der Waals surface area contributed by atoms with Crippen LogP contribution in [0, 0.1) is 5.82 Å². The monoisotopic (exact) mass is 412 g/mol. The summed E-state index contributed by atoms with van der Waals surface area (Å²) in [4.78, 5) is 2.04. The van der Waals surface area contributed by atoms with Crippen LogP contribution in [0.4, 0.5) is 10.1 Å². The lowest BCUT2D eigenvalue weighted by Gasteiger charge is -2.18. The highest BCUT2D eigenvalue weighted by Gasteiger charge is 2.29. The maximum atomic E-state index is 13.3. The van der Waals surface area contributed by atoms with Gasteiger partial charge in [0.05, 0.1) is 4.90 Å². The first kappa shape index (κ1) is 17.4. The lowest BCUT2D eigenvalue weighted by Crippen LogP contribution is -2.28. The van der Waals surface area contributed by atoms with Crippen molar-refractivity contribution in [3.8, 4) is 0 Å². The van der Waals surface area contributed by atoms with Gasteiger partial charge in [0.15, 0.2) is 0 Å². The molecule has 4 nitrogen and oxygen atoms in total. The molecule has 3 rings (SSSR count). The average Bonchev–Trinajstić information content (AvgIpc) is 2.88. The molecule has 2 aromatic carbocycles. The van der Waals surface area contributed by atoms with Crippen LogP contribution in [0.5, 0.6) is 0 Å². The van der Waals surface area contributed by atoms with Crippen molar-refractivity contribution in [3.63, 3.8) is 0 Å². The largest absolute Gasteiger partial charge is 0.378 e. The Balaban J connectivity index is 1.92. The Bertz CT molecular complexity index is 884. The van der Waals surface area contributed by atoms with Gasteiger partial charge in [-0.15, -0.1) is 0 Å². The fourth-order valence-corrected chi connectivity index (χ4v) is 5.17. The van der Waals surface area contributed by atoms with Crippen molar-refractivity contribution >= 4 is 31.6 Å². The Morgan fingerprint density at radius 1 is 1.21 bits per heavy atom. The number of fused-ring (bicyclic) bond motifs is 1. The summed E-state index contributed by atoms with van der Waals surface area (Å²) in [6.45, 7) is 0. The molecule has 0 amide bonds. The molecule has 0 bridgehead atoms. The molecular weight excluding hydrogens is 395 g/mol. The quantitative estimate of drug-likeness (QED) is 0.833. The molecule has 0 spiro atoms. The van der Waals surface area contributed by atoms with Crippen molar-refractivity contribution in [2.45, 2.75) is 23.8 Å². The second-order valence-corrected chi connectivity index (χ2v) is 8.60. The molecule has 24 heavy (non-hydrogen) atoms. The number of halogens is 2. The Kier molecular flexibility index (Phi) is 4.68. The Hall–Kier alpha value is -1.44. The number of hydrogen-bond acceptors (Lipinski definition) is 3. The zero-order valence-corrected chi connectivity index (χ0v) is 15.8. The minimum Gasteiger partial charge on any atom is -0.378 e. The Morgan fingerprint density at radius 3 is 2.67 bits per heavy atom. The molecule has 0 aromatic heterocycles. The standard InChI is InChI=1S/C17H18BrFN2O2S/c1-21(2)13-5-7-15(18)17(10-13)24(22,23)20-16-8-3-11-9-12(19)4-6-14(11)16/h4-7,9-10,16,20H,3,8H2,1-2H3. The zero-order valence-electron chi connectivity index (χ0n) is 13.4. The normalized spacial score (nSPS) is 16.9. The first-order valence-corrected chi connectivity index (χ1v) is 9.83. The minimum atomic E-state index is -3.70. The number of anilines is 1. The van der Waals surface area contributed by atoms with E-state index in [1.807, 2.05) is 25.1 Å². The van der Waals surface area contributed by atoms with E-state index in [4.69, 9.17) is 0 Å². The topological polar surface area (TPSA) is 49.4 Å². The first-order chi connectivity index (χ1) is 11.3. The molecule has 2 aromatic rings. The molecule has 0 radical (unpaired) electrons. The highest BCUT2D eigenvalue weighted by atomic mass is 79.9. The number of nitrogens with one attached hydrogen (secondary N) is 1. The number of rotatable bonds is 4. The predicted molar refractivity (Wildman–Crippen MR) is 96.3 cm³/mol. The third-order valence-electron chi connectivity index (χ3n) is 4.20. The summed E-state index contributed by atoms with van der Waals surface area (Å²) < 4.78 is 42.2. The number of sulfonamides is 1. The van der Waals surface area contributed by atoms with E-state index in [1.54, 1.807) is 18.2 Å². The van der Waals surface area contributed by atoms with Gasteiger partial charge in [0.2, 0.25) is 10.0 Å². The van der Waals surface area contributed by atoms with Crippen LogP contribution in [0.2, 0.25) is 0 Å². The molecule has 0 saturated heterocycles. The molecular formula is C17H18BrFN2O2S. The van der Waals surface area contributed by atoms with E-state index in [1.165, 1.54) is 12.1 Å². The van der Waals surface area contributed by atoms with Gasteiger partial charge in [-0.1, -0.05) is 6.07 Å². The predicted octanol–water partition coefficient (Wildman–Crippen LogP) is 3.62. The fraction of sp³-hybridized carbons (Fsp3) is 0.294. The van der Waals surface area contributed by atoms with E-state index in [0.717, 1.165) is 16.8 Å². The summed E-state index contributed by atoms with van der Waals surface area (Å²) in [6.07, 6.45) is 1.29. The van der Waals surface area contributed by atoms with Crippen LogP contribution in [0.3, 0.4) is 0 Å². The van der Waals surface area contributed by atoms with Crippen molar-refractivity contribution in [1.29, 1.82) is 0 Å². The van der Waals surface area contributed by atoms with Gasteiger partial charge in [0, 0.05) is 30.3 Å². The minimum absolute atomic E-state index is 0.198. The van der Waals surface area contributed by atoms with Gasteiger partial charge in [-0.05, 0) is 70.2 Å². The van der Waals surface area contributed by atoms with E-state index in [-0.39, 0.29) is 16.8 Å². The molecule has 7 heteroatoms. The van der Waals surface area contributed by atoms with Crippen LogP contribution in [0.1, 0.15) is 23.6 Å². The lowest BCUT2D eigenvalue weighted by atomic mass is 10.1. The van der Waals surface area contributed by atoms with Crippen molar-refractivity contribution in [2.75, 3.05) is 19.0 Å². The van der Waals surface area contributed by atoms with E-state index in [2.05, 4.69) is 20.7 Å². The van der Waals surface area contributed by atoms with Crippen LogP contribution in [-0.2, 0) is 16.4 Å². The van der Waals surface area contributed by atoms with Crippen molar-refractivity contribution in [1.82, 2.24) is 4.72 Å². The van der Waals surface area contributed by atoms with Crippen LogP contribution in [0.15, 0.2) is 45.8 Å². The molecule has 0 saturated carbocycles. The molecule has 1 aliphatic carbocycles. The van der Waals surface area contributed by atoms with E-state index >= 15 is 0 Å². The van der Waals surface area contributed by atoms with E-state index < -0.39 is 10.0 Å². The third-order valence-corrected chi connectivity index (χ3v) is 6.67. The summed E-state index contributed by atoms with van der Waals surface area (Å²) in [5.41, 5.74) is 2.51. The van der Waals surface area contributed by atoms with Crippen molar-refractivity contribution in [3.05, 3.63) is 57.8 Å². The van der Waals surface area contributed by atoms with Crippen molar-refractivity contribution in [2.24, 2.45) is 0 Å². The summed E-state index contributed by atoms with van der Waals surface area (Å²) in [5.74, 6) is -0.293. The van der Waals surface area contributed by atoms with Gasteiger partial charge in [-0.25, -0.2) is 17.5 Å². The third kappa shape index (κ3) is 3.34. The number of aryl methyl sites for hydroxylation is 1. The SMILES string of the molecule is CN(C)c1ccc(Br)c(S(=O)(=O)NC2CCc3cc(F)ccc32)c1. The van der Waals surface area contributed by atoms with E-state index in [9.17, 15) is 12.8 Å². The van der Waals surface area contributed by atoms with Crippen LogP contribution in [-0.4, -0.2) is 22.5 Å². The van der Waals surface area contributed by atoms with Crippen LogP contribution in [0.25, 0.3) is 0 Å².